The predicted octanol–water partition coefficient (Wildman–Crippen LogP) is 2.80. The summed E-state index contributed by atoms with van der Waals surface area (Å²) >= 11 is 0. The van der Waals surface area contributed by atoms with Gasteiger partial charge in [-0.05, 0) is 49.8 Å². The van der Waals surface area contributed by atoms with Crippen molar-refractivity contribution in [3.05, 3.63) is 47.0 Å². The van der Waals surface area contributed by atoms with E-state index in [-0.39, 0.29) is 11.8 Å². The molecule has 2 heterocycles. The molecule has 0 fully saturated rings. The van der Waals surface area contributed by atoms with Crippen molar-refractivity contribution in [2.24, 2.45) is 0 Å². The van der Waals surface area contributed by atoms with Crippen LogP contribution in [0.4, 0.5) is 5.69 Å². The fourth-order valence-electron chi connectivity index (χ4n) is 3.41. The van der Waals surface area contributed by atoms with Gasteiger partial charge < -0.3 is 19.9 Å². The summed E-state index contributed by atoms with van der Waals surface area (Å²) in [7, 11) is 1.63. The number of fused-ring (bicyclic) bond motifs is 1. The summed E-state index contributed by atoms with van der Waals surface area (Å²) in [5.41, 5.74) is 3.15. The second kappa shape index (κ2) is 9.50. The molecule has 1 aromatic heterocycles. The van der Waals surface area contributed by atoms with Crippen LogP contribution in [-0.4, -0.2) is 41.6 Å². The summed E-state index contributed by atoms with van der Waals surface area (Å²) in [5.74, 6) is -0.213. The van der Waals surface area contributed by atoms with Crippen LogP contribution in [0.1, 0.15) is 58.6 Å². The Hall–Kier alpha value is -2.67. The third kappa shape index (κ3) is 4.59. The predicted molar refractivity (Wildman–Crippen MR) is 108 cm³/mol. The van der Waals surface area contributed by atoms with Crippen LogP contribution >= 0.6 is 0 Å². The molecule has 0 bridgehead atoms. The molecule has 7 heteroatoms. The zero-order valence-corrected chi connectivity index (χ0v) is 16.6. The number of aryl methyl sites for hydroxylation is 1. The highest BCUT2D eigenvalue weighted by atomic mass is 16.5. The van der Waals surface area contributed by atoms with Gasteiger partial charge in [-0.25, -0.2) is 4.98 Å². The van der Waals surface area contributed by atoms with E-state index in [1.54, 1.807) is 7.11 Å². The van der Waals surface area contributed by atoms with E-state index in [9.17, 15) is 9.59 Å². The van der Waals surface area contributed by atoms with Gasteiger partial charge in [0.2, 0.25) is 0 Å². The first-order valence-corrected chi connectivity index (χ1v) is 9.90. The van der Waals surface area contributed by atoms with E-state index in [0.29, 0.717) is 31.2 Å². The van der Waals surface area contributed by atoms with Crippen molar-refractivity contribution in [3.63, 3.8) is 0 Å². The van der Waals surface area contributed by atoms with E-state index in [1.165, 1.54) is 5.56 Å². The third-order valence-electron chi connectivity index (χ3n) is 4.97. The van der Waals surface area contributed by atoms with Crippen LogP contribution in [0.15, 0.2) is 24.3 Å². The van der Waals surface area contributed by atoms with Crippen molar-refractivity contribution in [1.82, 2.24) is 14.9 Å². The molecule has 2 aromatic rings. The minimum Gasteiger partial charge on any atom is -0.385 e. The highest BCUT2D eigenvalue weighted by Crippen LogP contribution is 2.22. The Balaban J connectivity index is 1.77. The molecule has 1 aromatic carbocycles. The van der Waals surface area contributed by atoms with E-state index < -0.39 is 0 Å². The highest BCUT2D eigenvalue weighted by molar-refractivity contribution is 6.03. The van der Waals surface area contributed by atoms with Crippen LogP contribution in [0.5, 0.6) is 0 Å². The smallest absolute Gasteiger partial charge is 0.291 e. The number of rotatable bonds is 8. The number of carbonyl (C=O) groups is 2. The van der Waals surface area contributed by atoms with E-state index in [2.05, 4.69) is 22.5 Å². The largest absolute Gasteiger partial charge is 0.385 e. The number of carbonyl (C=O) groups excluding carboxylic acids is 2. The molecule has 7 nitrogen and oxygen atoms in total. The van der Waals surface area contributed by atoms with Gasteiger partial charge in [0.15, 0.2) is 5.82 Å². The molecule has 0 atom stereocenters. The lowest BCUT2D eigenvalue weighted by atomic mass is 10.1. The second-order valence-corrected chi connectivity index (χ2v) is 6.95. The Morgan fingerprint density at radius 1 is 1.18 bits per heavy atom. The average molecular weight is 384 g/mol. The molecular weight excluding hydrogens is 356 g/mol. The summed E-state index contributed by atoms with van der Waals surface area (Å²) in [5, 5.41) is 5.77. The number of benzene rings is 1. The number of anilines is 1. The lowest BCUT2D eigenvalue weighted by molar-refractivity contribution is 0.0942. The van der Waals surface area contributed by atoms with E-state index >= 15 is 0 Å². The number of nitrogens with zero attached hydrogens (tertiary/aromatic N) is 2. The number of amides is 2. The van der Waals surface area contributed by atoms with Gasteiger partial charge in [-0.1, -0.05) is 19.1 Å². The standard InChI is InChI=1S/C21H28N4O3/c1-3-15-8-10-16(11-9-15)23-21(27)19-24-18(17-7-4-5-13-25(17)19)20(26)22-12-6-14-28-2/h8-11H,3-7,12-14H2,1-2H3,(H,22,26)(H,23,27). The zero-order valence-electron chi connectivity index (χ0n) is 16.6. The molecule has 150 valence electrons. The SMILES string of the molecule is CCc1ccc(NC(=O)c2nc(C(=O)NCCCOC)c3n2CCCC3)cc1. The number of hydrogen-bond acceptors (Lipinski definition) is 4. The Morgan fingerprint density at radius 3 is 2.68 bits per heavy atom. The summed E-state index contributed by atoms with van der Waals surface area (Å²) in [6.45, 7) is 3.90. The van der Waals surface area contributed by atoms with Gasteiger partial charge in [0.05, 0.1) is 5.69 Å². The third-order valence-corrected chi connectivity index (χ3v) is 4.97. The minimum atomic E-state index is -0.286. The molecule has 0 saturated heterocycles. The number of hydrogen-bond donors (Lipinski definition) is 2. The summed E-state index contributed by atoms with van der Waals surface area (Å²) in [6, 6.07) is 7.77. The molecule has 0 radical (unpaired) electrons. The summed E-state index contributed by atoms with van der Waals surface area (Å²) < 4.78 is 6.89. The minimum absolute atomic E-state index is 0.229. The number of aromatic nitrogens is 2. The Labute approximate surface area is 165 Å². The van der Waals surface area contributed by atoms with Gasteiger partial charge in [0, 0.05) is 32.5 Å². The molecule has 0 saturated carbocycles. The van der Waals surface area contributed by atoms with Crippen LogP contribution in [0.25, 0.3) is 0 Å². The lowest BCUT2D eigenvalue weighted by Gasteiger charge is -2.17. The van der Waals surface area contributed by atoms with Crippen molar-refractivity contribution in [1.29, 1.82) is 0 Å². The topological polar surface area (TPSA) is 85.2 Å². The van der Waals surface area contributed by atoms with Crippen LogP contribution in [0, 0.1) is 0 Å². The molecule has 28 heavy (non-hydrogen) atoms. The maximum Gasteiger partial charge on any atom is 0.291 e. The van der Waals surface area contributed by atoms with E-state index in [1.807, 2.05) is 28.8 Å². The number of nitrogens with one attached hydrogen (secondary N) is 2. The first-order valence-electron chi connectivity index (χ1n) is 9.90. The fraction of sp³-hybridized carbons (Fsp3) is 0.476. The molecular formula is C21H28N4O3. The lowest BCUT2D eigenvalue weighted by Crippen LogP contribution is -2.27. The van der Waals surface area contributed by atoms with Gasteiger partial charge in [0.25, 0.3) is 11.8 Å². The maximum atomic E-state index is 12.8. The Bertz CT molecular complexity index is 827. The molecule has 0 unspecified atom stereocenters. The Morgan fingerprint density at radius 2 is 1.96 bits per heavy atom. The van der Waals surface area contributed by atoms with Gasteiger partial charge in [-0.2, -0.15) is 0 Å². The molecule has 0 aliphatic carbocycles. The zero-order chi connectivity index (χ0) is 19.9. The van der Waals surface area contributed by atoms with Crippen molar-refractivity contribution >= 4 is 17.5 Å². The molecule has 1 aliphatic heterocycles. The maximum absolute atomic E-state index is 12.8. The number of ether oxygens (including phenoxy) is 1. The fourth-order valence-corrected chi connectivity index (χ4v) is 3.41. The molecule has 0 spiro atoms. The highest BCUT2D eigenvalue weighted by Gasteiger charge is 2.27. The van der Waals surface area contributed by atoms with E-state index in [0.717, 1.165) is 43.5 Å². The first kappa shape index (κ1) is 20.1. The average Bonchev–Trinajstić information content (AvgIpc) is 3.11. The quantitative estimate of drug-likeness (QED) is 0.686. The number of imidazole rings is 1. The normalized spacial score (nSPS) is 13.1. The van der Waals surface area contributed by atoms with Crippen LogP contribution in [0.2, 0.25) is 0 Å². The Kier molecular flexibility index (Phi) is 6.81. The monoisotopic (exact) mass is 384 g/mol. The van der Waals surface area contributed by atoms with Crippen molar-refractivity contribution < 1.29 is 14.3 Å². The molecule has 2 N–H and O–H groups in total. The second-order valence-electron chi connectivity index (χ2n) is 6.95. The molecule has 3 rings (SSSR count). The van der Waals surface area contributed by atoms with Crippen molar-refractivity contribution in [2.75, 3.05) is 25.6 Å². The summed E-state index contributed by atoms with van der Waals surface area (Å²) in [6.07, 6.45) is 4.41. The van der Waals surface area contributed by atoms with Crippen molar-refractivity contribution in [3.8, 4) is 0 Å². The molecule has 2 amide bonds. The van der Waals surface area contributed by atoms with Crippen molar-refractivity contribution in [2.45, 2.75) is 45.6 Å². The first-order chi connectivity index (χ1) is 13.6. The van der Waals surface area contributed by atoms with E-state index in [4.69, 9.17) is 4.74 Å². The van der Waals surface area contributed by atoms with Gasteiger partial charge >= 0.3 is 0 Å². The van der Waals surface area contributed by atoms with Crippen LogP contribution in [-0.2, 0) is 24.1 Å². The summed E-state index contributed by atoms with van der Waals surface area (Å²) in [4.78, 5) is 29.8. The number of methoxy groups -OCH3 is 1. The molecule has 1 aliphatic rings. The van der Waals surface area contributed by atoms with Crippen LogP contribution in [0.3, 0.4) is 0 Å². The van der Waals surface area contributed by atoms with Gasteiger partial charge in [-0.15, -0.1) is 0 Å². The van der Waals surface area contributed by atoms with Gasteiger partial charge in [0.1, 0.15) is 5.69 Å². The van der Waals surface area contributed by atoms with Gasteiger partial charge in [-0.3, -0.25) is 9.59 Å². The van der Waals surface area contributed by atoms with Crippen LogP contribution < -0.4 is 10.6 Å².